The van der Waals surface area contributed by atoms with Gasteiger partial charge in [0.05, 0.1) is 24.2 Å². The Kier molecular flexibility index (Phi) is 11.1. The van der Waals surface area contributed by atoms with Crippen LogP contribution in [0.5, 0.6) is 0 Å². The number of aliphatic carboxylic acids is 2. The van der Waals surface area contributed by atoms with Crippen molar-refractivity contribution in [2.75, 3.05) is 46.8 Å². The number of rotatable bonds is 5. The van der Waals surface area contributed by atoms with Crippen LogP contribution in [0, 0.1) is 5.41 Å². The van der Waals surface area contributed by atoms with Crippen LogP contribution in [0.25, 0.3) is 0 Å². The van der Waals surface area contributed by atoms with Crippen molar-refractivity contribution in [1.82, 2.24) is 19.7 Å². The number of halogens is 6. The van der Waals surface area contributed by atoms with Gasteiger partial charge in [-0.1, -0.05) is 0 Å². The Hall–Kier alpha value is -2.50. The highest BCUT2D eigenvalue weighted by molar-refractivity contribution is 7.09. The molecule has 1 spiro atoms. The fraction of sp³-hybridized carbons (Fsp3) is 0.727. The molecular weight excluding hydrogens is 562 g/mol. The van der Waals surface area contributed by atoms with Crippen molar-refractivity contribution in [3.63, 3.8) is 0 Å². The van der Waals surface area contributed by atoms with Crippen LogP contribution < -0.4 is 0 Å². The first-order valence-corrected chi connectivity index (χ1v) is 12.6. The van der Waals surface area contributed by atoms with E-state index in [1.54, 1.807) is 11.3 Å². The van der Waals surface area contributed by atoms with Gasteiger partial charge in [-0.3, -0.25) is 9.69 Å². The van der Waals surface area contributed by atoms with E-state index >= 15 is 0 Å². The number of carbonyl (C=O) groups excluding carboxylic acids is 1. The third kappa shape index (κ3) is 9.29. The van der Waals surface area contributed by atoms with Crippen LogP contribution in [-0.4, -0.2) is 119 Å². The maximum absolute atomic E-state index is 13.3. The molecule has 1 aromatic rings. The molecule has 2 N–H and O–H groups in total. The largest absolute Gasteiger partial charge is 0.490 e. The molecule has 0 aliphatic carbocycles. The summed E-state index contributed by atoms with van der Waals surface area (Å²) in [4.78, 5) is 42.2. The predicted molar refractivity (Wildman–Crippen MR) is 125 cm³/mol. The standard InChI is InChI=1S/C18H28N4O2S.2C2HF3O2/c1-20(2)7-8-22-6-3-4-18(17(22)23)10-14-11-21(12-15(18)24-14)13-16-19-5-9-25-16;2*3-2(4,5)1(6)7/h5,9,14-15H,3-4,6-8,10-13H2,1-2H3;2*(H,6,7). The summed E-state index contributed by atoms with van der Waals surface area (Å²) in [7, 11) is 4.12. The number of hydrogen-bond acceptors (Lipinski definition) is 8. The molecule has 3 aliphatic rings. The van der Waals surface area contributed by atoms with E-state index in [-0.39, 0.29) is 17.6 Å². The van der Waals surface area contributed by atoms with Crippen molar-refractivity contribution < 1.29 is 55.7 Å². The number of likely N-dealkylation sites (tertiary alicyclic amines) is 2. The van der Waals surface area contributed by atoms with Crippen LogP contribution in [0.3, 0.4) is 0 Å². The first kappa shape index (κ1) is 32.7. The van der Waals surface area contributed by atoms with E-state index in [0.717, 1.165) is 63.5 Å². The van der Waals surface area contributed by atoms with Gasteiger partial charge in [-0.05, 0) is 33.4 Å². The molecular formula is C22H30F6N4O6S. The summed E-state index contributed by atoms with van der Waals surface area (Å²) in [6.45, 7) is 5.30. The average Bonchev–Trinajstić information content (AvgIpc) is 3.40. The number of nitrogens with zero attached hydrogens (tertiary/aromatic N) is 4. The van der Waals surface area contributed by atoms with Crippen molar-refractivity contribution in [1.29, 1.82) is 0 Å². The van der Waals surface area contributed by atoms with Gasteiger partial charge >= 0.3 is 24.3 Å². The Labute approximate surface area is 224 Å². The van der Waals surface area contributed by atoms with Gasteiger partial charge < -0.3 is 24.7 Å². The fourth-order valence-electron chi connectivity index (χ4n) is 4.65. The van der Waals surface area contributed by atoms with Gasteiger partial charge in [-0.2, -0.15) is 26.3 Å². The minimum absolute atomic E-state index is 0.0425. The normalized spacial score (nSPS) is 25.2. The van der Waals surface area contributed by atoms with Gasteiger partial charge in [0.1, 0.15) is 5.01 Å². The lowest BCUT2D eigenvalue weighted by molar-refractivity contribution is -0.193. The number of fused-ring (bicyclic) bond motifs is 3. The number of alkyl halides is 6. The number of carboxylic acids is 2. The van der Waals surface area contributed by atoms with Crippen LogP contribution in [-0.2, 0) is 25.7 Å². The summed E-state index contributed by atoms with van der Waals surface area (Å²) in [6, 6.07) is 0. The van der Waals surface area contributed by atoms with E-state index in [1.807, 2.05) is 11.6 Å². The molecule has 1 amide bonds. The second kappa shape index (κ2) is 13.2. The first-order valence-electron chi connectivity index (χ1n) is 11.8. The smallest absolute Gasteiger partial charge is 0.475 e. The van der Waals surface area contributed by atoms with Gasteiger partial charge in [-0.15, -0.1) is 11.3 Å². The first-order chi connectivity index (χ1) is 18.0. The number of thiazole rings is 1. The van der Waals surface area contributed by atoms with Crippen LogP contribution in [0.2, 0.25) is 0 Å². The summed E-state index contributed by atoms with van der Waals surface area (Å²) in [5, 5.41) is 17.4. The molecule has 0 saturated carbocycles. The number of aromatic nitrogens is 1. The van der Waals surface area contributed by atoms with Crippen molar-refractivity contribution >= 4 is 29.2 Å². The average molecular weight is 593 g/mol. The summed E-state index contributed by atoms with van der Waals surface area (Å²) < 4.78 is 69.7. The summed E-state index contributed by atoms with van der Waals surface area (Å²) in [5.74, 6) is -5.18. The van der Waals surface area contributed by atoms with Crippen LogP contribution in [0.15, 0.2) is 11.6 Å². The highest BCUT2D eigenvalue weighted by Crippen LogP contribution is 2.48. The van der Waals surface area contributed by atoms with Crippen molar-refractivity contribution in [2.45, 2.75) is 50.4 Å². The van der Waals surface area contributed by atoms with Gasteiger partial charge in [0.2, 0.25) is 5.91 Å². The Morgan fingerprint density at radius 1 is 1.15 bits per heavy atom. The molecule has 222 valence electrons. The minimum Gasteiger partial charge on any atom is -0.475 e. The highest BCUT2D eigenvalue weighted by Gasteiger charge is 2.58. The molecule has 0 aromatic carbocycles. The van der Waals surface area contributed by atoms with Crippen LogP contribution in [0.1, 0.15) is 24.3 Å². The molecule has 17 heteroatoms. The minimum atomic E-state index is -5.08. The quantitative estimate of drug-likeness (QED) is 0.497. The van der Waals surface area contributed by atoms with E-state index in [4.69, 9.17) is 24.5 Å². The van der Waals surface area contributed by atoms with E-state index < -0.39 is 24.3 Å². The number of likely N-dealkylation sites (N-methyl/N-ethyl adjacent to an activating group) is 1. The maximum atomic E-state index is 13.3. The van der Waals surface area contributed by atoms with E-state index in [0.29, 0.717) is 5.91 Å². The second-order valence-corrected chi connectivity index (χ2v) is 10.5. The number of amides is 1. The maximum Gasteiger partial charge on any atom is 0.490 e. The molecule has 39 heavy (non-hydrogen) atoms. The summed E-state index contributed by atoms with van der Waals surface area (Å²) in [5.41, 5.74) is -0.285. The zero-order valence-corrected chi connectivity index (χ0v) is 22.0. The Morgan fingerprint density at radius 2 is 1.74 bits per heavy atom. The number of hydrogen-bond donors (Lipinski definition) is 2. The molecule has 0 radical (unpaired) electrons. The lowest BCUT2D eigenvalue weighted by Crippen LogP contribution is -2.55. The zero-order valence-electron chi connectivity index (χ0n) is 21.2. The monoisotopic (exact) mass is 592 g/mol. The highest BCUT2D eigenvalue weighted by atomic mass is 32.1. The van der Waals surface area contributed by atoms with Crippen molar-refractivity contribution in [2.24, 2.45) is 5.41 Å². The van der Waals surface area contributed by atoms with E-state index in [2.05, 4.69) is 33.8 Å². The Bertz CT molecular complexity index is 953. The van der Waals surface area contributed by atoms with Gasteiger partial charge in [-0.25, -0.2) is 14.6 Å². The molecule has 3 aliphatic heterocycles. The topological polar surface area (TPSA) is 124 Å². The number of piperidine rings is 1. The third-order valence-electron chi connectivity index (χ3n) is 6.36. The number of ether oxygens (including phenoxy) is 1. The molecule has 10 nitrogen and oxygen atoms in total. The predicted octanol–water partition coefficient (Wildman–Crippen LogP) is 2.55. The number of morpholine rings is 1. The zero-order chi connectivity index (χ0) is 29.6. The van der Waals surface area contributed by atoms with E-state index in [9.17, 15) is 31.1 Å². The van der Waals surface area contributed by atoms with Gasteiger partial charge in [0, 0.05) is 44.3 Å². The molecule has 4 rings (SSSR count). The molecule has 4 heterocycles. The summed E-state index contributed by atoms with van der Waals surface area (Å²) in [6.07, 6.45) is -5.10. The second-order valence-electron chi connectivity index (χ2n) is 9.53. The SMILES string of the molecule is CN(C)CCN1CCCC2(CC3CN(Cc4nccs4)CC2O3)C1=O.O=C(O)C(F)(F)F.O=C(O)C(F)(F)F. The Morgan fingerprint density at radius 3 is 2.23 bits per heavy atom. The number of carboxylic acid groups (broad SMARTS) is 2. The third-order valence-corrected chi connectivity index (χ3v) is 7.12. The lowest BCUT2D eigenvalue weighted by Gasteiger charge is -2.43. The van der Waals surface area contributed by atoms with Crippen molar-refractivity contribution in [3.05, 3.63) is 16.6 Å². The lowest BCUT2D eigenvalue weighted by atomic mass is 9.73. The number of carbonyl (C=O) groups is 3. The summed E-state index contributed by atoms with van der Waals surface area (Å²) >= 11 is 1.70. The molecule has 2 bridgehead atoms. The molecule has 3 fully saturated rings. The molecule has 1 aromatic heterocycles. The van der Waals surface area contributed by atoms with Crippen molar-refractivity contribution in [3.8, 4) is 0 Å². The van der Waals surface area contributed by atoms with Crippen LogP contribution >= 0.6 is 11.3 Å². The molecule has 3 saturated heterocycles. The van der Waals surface area contributed by atoms with Gasteiger partial charge in [0.15, 0.2) is 0 Å². The molecule has 3 unspecified atom stereocenters. The molecule has 3 atom stereocenters. The Balaban J connectivity index is 0.000000317. The van der Waals surface area contributed by atoms with Gasteiger partial charge in [0.25, 0.3) is 0 Å². The van der Waals surface area contributed by atoms with E-state index in [1.165, 1.54) is 0 Å². The fourth-order valence-corrected chi connectivity index (χ4v) is 5.31. The van der Waals surface area contributed by atoms with Crippen LogP contribution in [0.4, 0.5) is 26.3 Å².